The number of carbonyl (C=O) groups is 1. The summed E-state index contributed by atoms with van der Waals surface area (Å²) in [5.41, 5.74) is 6.88. The Balaban J connectivity index is 0.00000324. The molecule has 3 N–H and O–H groups in total. The van der Waals surface area contributed by atoms with Gasteiger partial charge in [0.05, 0.1) is 5.54 Å². The van der Waals surface area contributed by atoms with Crippen LogP contribution in [0.5, 0.6) is 0 Å². The normalized spacial score (nSPS) is 13.6. The summed E-state index contributed by atoms with van der Waals surface area (Å²) in [5, 5.41) is 3.56. The summed E-state index contributed by atoms with van der Waals surface area (Å²) in [7, 11) is 0. The van der Waals surface area contributed by atoms with E-state index in [4.69, 9.17) is 17.3 Å². The molecule has 5 heteroatoms. The van der Waals surface area contributed by atoms with E-state index < -0.39 is 5.54 Å². The SMILES string of the molecule is Cc1cc(Cl)cc(C(=O)NC(C)(CN)C(C)C)c1.Cl. The lowest BCUT2D eigenvalue weighted by Gasteiger charge is -2.33. The molecule has 0 fully saturated rings. The molecule has 1 aromatic rings. The lowest BCUT2D eigenvalue weighted by Crippen LogP contribution is -2.55. The number of hydrogen-bond acceptors (Lipinski definition) is 2. The molecule has 0 aliphatic rings. The molecule has 19 heavy (non-hydrogen) atoms. The predicted octanol–water partition coefficient (Wildman–Crippen LogP) is 3.17. The van der Waals surface area contributed by atoms with Crippen LogP contribution >= 0.6 is 24.0 Å². The summed E-state index contributed by atoms with van der Waals surface area (Å²) in [4.78, 5) is 12.2. The Hall–Kier alpha value is -0.770. The molecule has 0 saturated carbocycles. The van der Waals surface area contributed by atoms with E-state index in [0.717, 1.165) is 5.56 Å². The van der Waals surface area contributed by atoms with Crippen LogP contribution in [0.2, 0.25) is 5.02 Å². The highest BCUT2D eigenvalue weighted by molar-refractivity contribution is 6.31. The van der Waals surface area contributed by atoms with Crippen molar-refractivity contribution >= 4 is 29.9 Å². The smallest absolute Gasteiger partial charge is 0.251 e. The summed E-state index contributed by atoms with van der Waals surface area (Å²) in [6, 6.07) is 5.31. The van der Waals surface area contributed by atoms with Gasteiger partial charge in [-0.1, -0.05) is 25.4 Å². The Kier molecular flexibility index (Phi) is 6.84. The van der Waals surface area contributed by atoms with Gasteiger partial charge in [-0.05, 0) is 43.5 Å². The minimum absolute atomic E-state index is 0. The molecule has 0 radical (unpaired) electrons. The zero-order valence-corrected chi connectivity index (χ0v) is 13.4. The Morgan fingerprint density at radius 1 is 1.42 bits per heavy atom. The minimum Gasteiger partial charge on any atom is -0.345 e. The predicted molar refractivity (Wildman–Crippen MR) is 83.2 cm³/mol. The molecule has 1 aromatic carbocycles. The van der Waals surface area contributed by atoms with Gasteiger partial charge in [0.15, 0.2) is 0 Å². The third kappa shape index (κ3) is 4.68. The Bertz CT molecular complexity index is 429. The fourth-order valence-electron chi connectivity index (χ4n) is 1.63. The fraction of sp³-hybridized carbons (Fsp3) is 0.500. The van der Waals surface area contributed by atoms with Gasteiger partial charge in [0.25, 0.3) is 5.91 Å². The van der Waals surface area contributed by atoms with E-state index >= 15 is 0 Å². The maximum absolute atomic E-state index is 12.2. The molecular weight excluding hydrogens is 283 g/mol. The highest BCUT2D eigenvalue weighted by atomic mass is 35.5. The van der Waals surface area contributed by atoms with Crippen molar-refractivity contribution in [2.75, 3.05) is 6.54 Å². The highest BCUT2D eigenvalue weighted by Gasteiger charge is 2.28. The molecular formula is C14H22Cl2N2O. The maximum atomic E-state index is 12.2. The first kappa shape index (κ1) is 18.2. The number of rotatable bonds is 4. The van der Waals surface area contributed by atoms with E-state index in [2.05, 4.69) is 5.32 Å². The highest BCUT2D eigenvalue weighted by Crippen LogP contribution is 2.18. The lowest BCUT2D eigenvalue weighted by molar-refractivity contribution is 0.0883. The Morgan fingerprint density at radius 2 is 2.00 bits per heavy atom. The largest absolute Gasteiger partial charge is 0.345 e. The van der Waals surface area contributed by atoms with Crippen LogP contribution in [0.1, 0.15) is 36.7 Å². The van der Waals surface area contributed by atoms with Crippen LogP contribution in [0.4, 0.5) is 0 Å². The van der Waals surface area contributed by atoms with Gasteiger partial charge in [-0.15, -0.1) is 12.4 Å². The van der Waals surface area contributed by atoms with Gasteiger partial charge in [0.2, 0.25) is 0 Å². The number of aryl methyl sites for hydroxylation is 1. The van der Waals surface area contributed by atoms with Gasteiger partial charge in [-0.25, -0.2) is 0 Å². The maximum Gasteiger partial charge on any atom is 0.251 e. The molecule has 0 heterocycles. The van der Waals surface area contributed by atoms with Crippen molar-refractivity contribution in [3.63, 3.8) is 0 Å². The summed E-state index contributed by atoms with van der Waals surface area (Å²) in [6.45, 7) is 8.34. The van der Waals surface area contributed by atoms with E-state index in [1.165, 1.54) is 0 Å². The summed E-state index contributed by atoms with van der Waals surface area (Å²) in [6.07, 6.45) is 0. The van der Waals surface area contributed by atoms with Gasteiger partial charge in [0, 0.05) is 17.1 Å². The molecule has 1 unspecified atom stereocenters. The first-order valence-corrected chi connectivity index (χ1v) is 6.46. The first-order chi connectivity index (χ1) is 8.28. The quantitative estimate of drug-likeness (QED) is 0.897. The number of halogens is 2. The Morgan fingerprint density at radius 3 is 2.42 bits per heavy atom. The van der Waals surface area contributed by atoms with Crippen molar-refractivity contribution in [1.29, 1.82) is 0 Å². The van der Waals surface area contributed by atoms with Crippen molar-refractivity contribution < 1.29 is 4.79 Å². The van der Waals surface area contributed by atoms with Gasteiger partial charge >= 0.3 is 0 Å². The minimum atomic E-state index is -0.409. The fourth-order valence-corrected chi connectivity index (χ4v) is 1.92. The van der Waals surface area contributed by atoms with Crippen LogP contribution in [-0.2, 0) is 0 Å². The van der Waals surface area contributed by atoms with Crippen LogP contribution in [0.3, 0.4) is 0 Å². The molecule has 1 rings (SSSR count). The van der Waals surface area contributed by atoms with Crippen molar-refractivity contribution in [3.8, 4) is 0 Å². The average Bonchev–Trinajstić information content (AvgIpc) is 2.27. The third-order valence-electron chi connectivity index (χ3n) is 3.40. The zero-order chi connectivity index (χ0) is 13.9. The topological polar surface area (TPSA) is 55.1 Å². The molecule has 0 spiro atoms. The van der Waals surface area contributed by atoms with Gasteiger partial charge < -0.3 is 11.1 Å². The molecule has 1 amide bonds. The van der Waals surface area contributed by atoms with Crippen molar-refractivity contribution in [2.45, 2.75) is 33.2 Å². The Labute approximate surface area is 126 Å². The second-order valence-corrected chi connectivity index (χ2v) is 5.68. The van der Waals surface area contributed by atoms with E-state index in [0.29, 0.717) is 17.1 Å². The van der Waals surface area contributed by atoms with Crippen LogP contribution in [-0.4, -0.2) is 18.0 Å². The monoisotopic (exact) mass is 304 g/mol. The molecule has 0 aliphatic carbocycles. The van der Waals surface area contributed by atoms with Crippen LogP contribution in [0.15, 0.2) is 18.2 Å². The number of amides is 1. The number of carbonyl (C=O) groups excluding carboxylic acids is 1. The van der Waals surface area contributed by atoms with Crippen LogP contribution in [0, 0.1) is 12.8 Å². The van der Waals surface area contributed by atoms with Crippen LogP contribution < -0.4 is 11.1 Å². The summed E-state index contributed by atoms with van der Waals surface area (Å²) < 4.78 is 0. The van der Waals surface area contributed by atoms with Crippen LogP contribution in [0.25, 0.3) is 0 Å². The van der Waals surface area contributed by atoms with Crippen molar-refractivity contribution in [1.82, 2.24) is 5.32 Å². The zero-order valence-electron chi connectivity index (χ0n) is 11.8. The molecule has 0 aliphatic heterocycles. The molecule has 0 bridgehead atoms. The lowest BCUT2D eigenvalue weighted by atomic mass is 9.88. The van der Waals surface area contributed by atoms with E-state index in [-0.39, 0.29) is 24.2 Å². The first-order valence-electron chi connectivity index (χ1n) is 6.08. The third-order valence-corrected chi connectivity index (χ3v) is 3.62. The van der Waals surface area contributed by atoms with Crippen molar-refractivity contribution in [2.24, 2.45) is 11.7 Å². The van der Waals surface area contributed by atoms with E-state index in [1.807, 2.05) is 39.8 Å². The van der Waals surface area contributed by atoms with Gasteiger partial charge in [0.1, 0.15) is 0 Å². The average molecular weight is 305 g/mol. The molecule has 3 nitrogen and oxygen atoms in total. The number of benzene rings is 1. The van der Waals surface area contributed by atoms with Gasteiger partial charge in [-0.3, -0.25) is 4.79 Å². The number of hydrogen-bond donors (Lipinski definition) is 2. The van der Waals surface area contributed by atoms with E-state index in [9.17, 15) is 4.79 Å². The molecule has 0 saturated heterocycles. The molecule has 108 valence electrons. The van der Waals surface area contributed by atoms with E-state index in [1.54, 1.807) is 6.07 Å². The standard InChI is InChI=1S/C14H21ClN2O.ClH/c1-9(2)14(4,8-16)17-13(18)11-5-10(3)6-12(15)7-11;/h5-7,9H,8,16H2,1-4H3,(H,17,18);1H. The molecule has 1 atom stereocenters. The van der Waals surface area contributed by atoms with Crippen molar-refractivity contribution in [3.05, 3.63) is 34.3 Å². The summed E-state index contributed by atoms with van der Waals surface area (Å²) in [5.74, 6) is 0.119. The number of nitrogens with one attached hydrogen (secondary N) is 1. The molecule has 0 aromatic heterocycles. The van der Waals surface area contributed by atoms with Gasteiger partial charge in [-0.2, -0.15) is 0 Å². The number of nitrogens with two attached hydrogens (primary N) is 1. The summed E-state index contributed by atoms with van der Waals surface area (Å²) >= 11 is 5.96. The second-order valence-electron chi connectivity index (χ2n) is 5.25. The second kappa shape index (κ2) is 7.13.